The number of aromatic nitrogens is 1. The number of carbonyl (C=O) groups is 1. The maximum atomic E-state index is 12.8. The molecule has 1 saturated heterocycles. The van der Waals surface area contributed by atoms with E-state index in [1.54, 1.807) is 11.3 Å². The Balaban J connectivity index is 1.57. The van der Waals surface area contributed by atoms with E-state index in [4.69, 9.17) is 0 Å². The van der Waals surface area contributed by atoms with Crippen LogP contribution in [0.1, 0.15) is 39.7 Å². The zero-order valence-electron chi connectivity index (χ0n) is 13.7. The van der Waals surface area contributed by atoms with Crippen LogP contribution in [0.4, 0.5) is 0 Å². The lowest BCUT2D eigenvalue weighted by Gasteiger charge is -2.32. The largest absolute Gasteiger partial charge is 0.337 e. The van der Waals surface area contributed by atoms with E-state index in [0.29, 0.717) is 5.92 Å². The molecule has 24 heavy (non-hydrogen) atoms. The number of hydrogen-bond acceptors (Lipinski definition) is 3. The fraction of sp³-hybridized carbons (Fsp3) is 0.300. The van der Waals surface area contributed by atoms with Gasteiger partial charge in [-0.2, -0.15) is 0 Å². The number of rotatable bonds is 2. The number of fused-ring (bicyclic) bond motifs is 1. The molecule has 1 amide bonds. The van der Waals surface area contributed by atoms with E-state index >= 15 is 0 Å². The number of hydrogen-bond donors (Lipinski definition) is 0. The third kappa shape index (κ3) is 2.82. The third-order valence-corrected chi connectivity index (χ3v) is 5.84. The van der Waals surface area contributed by atoms with Crippen LogP contribution in [-0.2, 0) is 0 Å². The van der Waals surface area contributed by atoms with E-state index in [-0.39, 0.29) is 5.91 Å². The molecule has 2 aromatic heterocycles. The zero-order valence-corrected chi connectivity index (χ0v) is 14.6. The predicted octanol–water partition coefficient (Wildman–Crippen LogP) is 4.62. The molecule has 1 fully saturated rings. The van der Waals surface area contributed by atoms with E-state index in [0.717, 1.165) is 42.1 Å². The predicted molar refractivity (Wildman–Crippen MR) is 98.7 cm³/mol. The van der Waals surface area contributed by atoms with Gasteiger partial charge in [0.05, 0.1) is 4.88 Å². The highest BCUT2D eigenvalue weighted by molar-refractivity contribution is 7.12. The number of pyridine rings is 1. The van der Waals surface area contributed by atoms with Crippen LogP contribution in [0.3, 0.4) is 0 Å². The highest BCUT2D eigenvalue weighted by atomic mass is 32.1. The van der Waals surface area contributed by atoms with Crippen molar-refractivity contribution >= 4 is 28.0 Å². The molecule has 3 nitrogen and oxygen atoms in total. The molecular weight excluding hydrogens is 316 g/mol. The zero-order chi connectivity index (χ0) is 16.5. The first-order valence-corrected chi connectivity index (χ1v) is 9.28. The van der Waals surface area contributed by atoms with Crippen LogP contribution in [-0.4, -0.2) is 28.9 Å². The standard InChI is InChI=1S/C20H20N2OS/c1-14-8-10-24-19(14)20(23)22-9-4-7-17(13-22)18-11-15-5-2-3-6-16(15)12-21-18/h2-3,5-6,8,10-12,17H,4,7,9,13H2,1H3/t17-/m1/s1. The molecule has 0 aliphatic carbocycles. The Labute approximate surface area is 146 Å². The van der Waals surface area contributed by atoms with Crippen LogP contribution < -0.4 is 0 Å². The first-order chi connectivity index (χ1) is 11.7. The number of nitrogens with zero attached hydrogens (tertiary/aromatic N) is 2. The quantitative estimate of drug-likeness (QED) is 0.684. The highest BCUT2D eigenvalue weighted by Gasteiger charge is 2.27. The Morgan fingerprint density at radius 2 is 2.08 bits per heavy atom. The minimum absolute atomic E-state index is 0.174. The smallest absolute Gasteiger partial charge is 0.264 e. The van der Waals surface area contributed by atoms with Crippen LogP contribution >= 0.6 is 11.3 Å². The van der Waals surface area contributed by atoms with E-state index in [1.807, 2.05) is 35.5 Å². The summed E-state index contributed by atoms with van der Waals surface area (Å²) in [7, 11) is 0. The van der Waals surface area contributed by atoms with E-state index in [2.05, 4.69) is 29.2 Å². The molecule has 3 heterocycles. The van der Waals surface area contributed by atoms with Crippen LogP contribution in [0.5, 0.6) is 0 Å². The summed E-state index contributed by atoms with van der Waals surface area (Å²) in [6.07, 6.45) is 4.09. The van der Waals surface area contributed by atoms with E-state index in [9.17, 15) is 4.79 Å². The maximum absolute atomic E-state index is 12.8. The fourth-order valence-electron chi connectivity index (χ4n) is 3.46. The monoisotopic (exact) mass is 336 g/mol. The second-order valence-electron chi connectivity index (χ2n) is 6.48. The van der Waals surface area contributed by atoms with Crippen molar-refractivity contribution in [2.45, 2.75) is 25.7 Å². The number of benzene rings is 1. The van der Waals surface area contributed by atoms with Crippen molar-refractivity contribution in [2.24, 2.45) is 0 Å². The van der Waals surface area contributed by atoms with Crippen molar-refractivity contribution in [3.8, 4) is 0 Å². The molecule has 0 saturated carbocycles. The lowest BCUT2D eigenvalue weighted by molar-refractivity contribution is 0.0710. The Bertz CT molecular complexity index is 886. The van der Waals surface area contributed by atoms with Crippen LogP contribution in [0.25, 0.3) is 10.8 Å². The van der Waals surface area contributed by atoms with Gasteiger partial charge in [0.1, 0.15) is 0 Å². The number of piperidine rings is 1. The average Bonchev–Trinajstić information content (AvgIpc) is 3.07. The lowest BCUT2D eigenvalue weighted by Crippen LogP contribution is -2.39. The Morgan fingerprint density at radius 1 is 1.25 bits per heavy atom. The van der Waals surface area contributed by atoms with Crippen molar-refractivity contribution in [3.63, 3.8) is 0 Å². The molecule has 3 aromatic rings. The number of amides is 1. The van der Waals surface area contributed by atoms with Crippen molar-refractivity contribution < 1.29 is 4.79 Å². The third-order valence-electron chi connectivity index (χ3n) is 4.84. The van der Waals surface area contributed by atoms with Crippen molar-refractivity contribution in [3.05, 3.63) is 64.1 Å². The summed E-state index contributed by atoms with van der Waals surface area (Å²) in [5.74, 6) is 0.501. The summed E-state index contributed by atoms with van der Waals surface area (Å²) in [6, 6.07) is 12.5. The molecule has 1 atom stereocenters. The van der Waals surface area contributed by atoms with Gasteiger partial charge in [-0.05, 0) is 48.2 Å². The van der Waals surface area contributed by atoms with Gasteiger partial charge in [0, 0.05) is 36.3 Å². The molecule has 0 radical (unpaired) electrons. The minimum atomic E-state index is 0.174. The average molecular weight is 336 g/mol. The van der Waals surface area contributed by atoms with Crippen LogP contribution in [0, 0.1) is 6.92 Å². The van der Waals surface area contributed by atoms with E-state index < -0.39 is 0 Å². The number of likely N-dealkylation sites (tertiary alicyclic amines) is 1. The van der Waals surface area contributed by atoms with E-state index in [1.165, 1.54) is 10.8 Å². The molecule has 4 heteroatoms. The Kier molecular flexibility index (Phi) is 4.07. The lowest BCUT2D eigenvalue weighted by atomic mass is 9.93. The number of carbonyl (C=O) groups excluding carboxylic acids is 1. The molecule has 4 rings (SSSR count). The molecule has 1 aliphatic heterocycles. The topological polar surface area (TPSA) is 33.2 Å². The van der Waals surface area contributed by atoms with Crippen molar-refractivity contribution in [1.29, 1.82) is 0 Å². The number of aryl methyl sites for hydroxylation is 1. The molecule has 0 unspecified atom stereocenters. The molecule has 0 spiro atoms. The van der Waals surface area contributed by atoms with Gasteiger partial charge < -0.3 is 4.90 Å². The fourth-order valence-corrected chi connectivity index (χ4v) is 4.35. The van der Waals surface area contributed by atoms with Gasteiger partial charge in [0.25, 0.3) is 5.91 Å². The minimum Gasteiger partial charge on any atom is -0.337 e. The summed E-state index contributed by atoms with van der Waals surface area (Å²) in [4.78, 5) is 20.3. The molecule has 1 aromatic carbocycles. The molecule has 1 aliphatic rings. The summed E-state index contributed by atoms with van der Waals surface area (Å²) in [6.45, 7) is 3.62. The van der Waals surface area contributed by atoms with Gasteiger partial charge in [-0.3, -0.25) is 9.78 Å². The van der Waals surface area contributed by atoms with Crippen molar-refractivity contribution in [1.82, 2.24) is 9.88 Å². The molecule has 122 valence electrons. The summed E-state index contributed by atoms with van der Waals surface area (Å²) in [5, 5.41) is 4.38. The number of thiophene rings is 1. The summed E-state index contributed by atoms with van der Waals surface area (Å²) in [5.41, 5.74) is 2.19. The van der Waals surface area contributed by atoms with Crippen LogP contribution in [0.2, 0.25) is 0 Å². The summed E-state index contributed by atoms with van der Waals surface area (Å²) >= 11 is 1.54. The van der Waals surface area contributed by atoms with Gasteiger partial charge >= 0.3 is 0 Å². The highest BCUT2D eigenvalue weighted by Crippen LogP contribution is 2.29. The Hall–Kier alpha value is -2.20. The first-order valence-electron chi connectivity index (χ1n) is 8.40. The Morgan fingerprint density at radius 3 is 2.88 bits per heavy atom. The van der Waals surface area contributed by atoms with Crippen LogP contribution in [0.15, 0.2) is 48.0 Å². The molecular formula is C20H20N2OS. The molecule has 0 bridgehead atoms. The normalized spacial score (nSPS) is 18.0. The SMILES string of the molecule is Cc1ccsc1C(=O)N1CCC[C@@H](c2cc3ccccc3cn2)C1. The van der Waals surface area contributed by atoms with Gasteiger partial charge in [-0.1, -0.05) is 24.3 Å². The second kappa shape index (κ2) is 6.36. The van der Waals surface area contributed by atoms with Crippen molar-refractivity contribution in [2.75, 3.05) is 13.1 Å². The maximum Gasteiger partial charge on any atom is 0.264 e. The van der Waals surface area contributed by atoms with Gasteiger partial charge in [0.15, 0.2) is 0 Å². The summed E-state index contributed by atoms with van der Waals surface area (Å²) < 4.78 is 0. The van der Waals surface area contributed by atoms with Gasteiger partial charge in [-0.25, -0.2) is 0 Å². The van der Waals surface area contributed by atoms with Gasteiger partial charge in [0.2, 0.25) is 0 Å². The second-order valence-corrected chi connectivity index (χ2v) is 7.40. The first kappa shape index (κ1) is 15.3. The van der Waals surface area contributed by atoms with Gasteiger partial charge in [-0.15, -0.1) is 11.3 Å². The molecule has 0 N–H and O–H groups in total.